The number of piperidine rings is 1. The first-order valence-electron chi connectivity index (χ1n) is 10.3. The Kier molecular flexibility index (Phi) is 5.08. The minimum Gasteiger partial charge on any atom is -0.368 e. The molecule has 3 heterocycles. The van der Waals surface area contributed by atoms with Crippen LogP contribution in [0.5, 0.6) is 0 Å². The zero-order chi connectivity index (χ0) is 19.6. The molecule has 0 bridgehead atoms. The number of aromatic amines is 1. The van der Waals surface area contributed by atoms with Crippen molar-refractivity contribution in [2.24, 2.45) is 0 Å². The van der Waals surface area contributed by atoms with E-state index in [0.717, 1.165) is 52.2 Å². The Balaban J connectivity index is 1.49. The molecule has 148 valence electrons. The second kappa shape index (κ2) is 8.01. The van der Waals surface area contributed by atoms with Crippen molar-refractivity contribution >= 4 is 39.4 Å². The zero-order valence-electron chi connectivity index (χ0n) is 16.3. The van der Waals surface area contributed by atoms with Gasteiger partial charge in [-0.15, -0.1) is 0 Å². The number of likely N-dealkylation sites (tertiary alicyclic amines) is 1. The predicted molar refractivity (Wildman–Crippen MR) is 121 cm³/mol. The highest BCUT2D eigenvalue weighted by molar-refractivity contribution is 6.31. The first-order valence-corrected chi connectivity index (χ1v) is 10.7. The van der Waals surface area contributed by atoms with Crippen LogP contribution >= 0.6 is 11.6 Å². The third-order valence-electron chi connectivity index (χ3n) is 5.59. The van der Waals surface area contributed by atoms with E-state index in [2.05, 4.69) is 21.3 Å². The Bertz CT molecular complexity index is 1110. The van der Waals surface area contributed by atoms with E-state index >= 15 is 0 Å². The number of para-hydroxylation sites is 2. The van der Waals surface area contributed by atoms with E-state index < -0.39 is 0 Å². The first kappa shape index (κ1) is 18.4. The topological polar surface area (TPSA) is 56.8 Å². The van der Waals surface area contributed by atoms with E-state index in [1.54, 1.807) is 0 Å². The highest BCUT2D eigenvalue weighted by Crippen LogP contribution is 2.31. The summed E-state index contributed by atoms with van der Waals surface area (Å²) in [5.41, 5.74) is 3.87. The summed E-state index contributed by atoms with van der Waals surface area (Å²) < 4.78 is 0. The number of imidazole rings is 1. The minimum absolute atomic E-state index is 0.709. The molecule has 6 heteroatoms. The molecule has 0 unspecified atom stereocenters. The quantitative estimate of drug-likeness (QED) is 0.471. The maximum atomic E-state index is 6.22. The van der Waals surface area contributed by atoms with Crippen molar-refractivity contribution in [3.63, 3.8) is 0 Å². The van der Waals surface area contributed by atoms with Crippen LogP contribution in [-0.2, 0) is 0 Å². The molecule has 2 aromatic carbocycles. The standard InChI is InChI=1S/C23H24ClN5/c24-17-8-9-19-16(14-17)15-18(23-27-20-6-2-3-7-21(20)28-23)22(26-19)25-10-13-29-11-4-1-5-12-29/h2-3,6-9,14-15H,1,4-5,10-13H2,(H,25,26)(H,27,28). The summed E-state index contributed by atoms with van der Waals surface area (Å²) in [7, 11) is 0. The van der Waals surface area contributed by atoms with Gasteiger partial charge in [0.15, 0.2) is 0 Å². The van der Waals surface area contributed by atoms with E-state index in [9.17, 15) is 0 Å². The van der Waals surface area contributed by atoms with E-state index in [1.165, 1.54) is 32.4 Å². The monoisotopic (exact) mass is 405 g/mol. The lowest BCUT2D eigenvalue weighted by molar-refractivity contribution is 0.237. The van der Waals surface area contributed by atoms with Gasteiger partial charge in [0.05, 0.1) is 22.1 Å². The third kappa shape index (κ3) is 3.93. The largest absolute Gasteiger partial charge is 0.368 e. The summed E-state index contributed by atoms with van der Waals surface area (Å²) in [5, 5.41) is 5.28. The number of hydrogen-bond donors (Lipinski definition) is 2. The number of benzene rings is 2. The summed E-state index contributed by atoms with van der Waals surface area (Å²) in [4.78, 5) is 15.7. The van der Waals surface area contributed by atoms with Crippen molar-refractivity contribution in [2.45, 2.75) is 19.3 Å². The number of nitrogens with zero attached hydrogens (tertiary/aromatic N) is 3. The van der Waals surface area contributed by atoms with E-state index in [4.69, 9.17) is 21.6 Å². The van der Waals surface area contributed by atoms with Gasteiger partial charge >= 0.3 is 0 Å². The molecule has 0 atom stereocenters. The second-order valence-corrected chi connectivity index (χ2v) is 8.09. The van der Waals surface area contributed by atoms with Crippen molar-refractivity contribution in [3.05, 3.63) is 53.6 Å². The van der Waals surface area contributed by atoms with Crippen LogP contribution in [0.25, 0.3) is 33.3 Å². The van der Waals surface area contributed by atoms with Crippen molar-refractivity contribution in [1.82, 2.24) is 19.9 Å². The molecule has 0 spiro atoms. The van der Waals surface area contributed by atoms with Gasteiger partial charge in [-0.05, 0) is 62.3 Å². The Labute approximate surface area is 175 Å². The number of pyridine rings is 1. The Morgan fingerprint density at radius 3 is 2.69 bits per heavy atom. The van der Waals surface area contributed by atoms with Crippen molar-refractivity contribution in [1.29, 1.82) is 0 Å². The van der Waals surface area contributed by atoms with E-state index in [1.807, 2.05) is 42.5 Å². The summed E-state index contributed by atoms with van der Waals surface area (Å²) in [6.45, 7) is 4.28. The summed E-state index contributed by atoms with van der Waals surface area (Å²) in [6.07, 6.45) is 3.97. The van der Waals surface area contributed by atoms with Crippen LogP contribution < -0.4 is 5.32 Å². The van der Waals surface area contributed by atoms with E-state index in [0.29, 0.717) is 5.02 Å². The lowest BCUT2D eigenvalue weighted by atomic mass is 10.1. The van der Waals surface area contributed by atoms with E-state index in [-0.39, 0.29) is 0 Å². The van der Waals surface area contributed by atoms with Crippen molar-refractivity contribution < 1.29 is 0 Å². The maximum absolute atomic E-state index is 6.22. The van der Waals surface area contributed by atoms with Crippen LogP contribution in [0.1, 0.15) is 19.3 Å². The minimum atomic E-state index is 0.709. The Morgan fingerprint density at radius 2 is 1.83 bits per heavy atom. The van der Waals surface area contributed by atoms with Crippen molar-refractivity contribution in [3.8, 4) is 11.4 Å². The molecule has 0 radical (unpaired) electrons. The molecule has 2 aromatic heterocycles. The molecule has 0 amide bonds. The number of fused-ring (bicyclic) bond motifs is 2. The van der Waals surface area contributed by atoms with Gasteiger partial charge in [0.25, 0.3) is 0 Å². The summed E-state index contributed by atoms with van der Waals surface area (Å²) in [5.74, 6) is 1.68. The van der Waals surface area contributed by atoms with Gasteiger partial charge in [0.2, 0.25) is 0 Å². The van der Waals surface area contributed by atoms with Crippen LogP contribution in [-0.4, -0.2) is 46.0 Å². The molecule has 1 saturated heterocycles. The lowest BCUT2D eigenvalue weighted by Gasteiger charge is -2.26. The van der Waals surface area contributed by atoms with Gasteiger partial charge in [-0.25, -0.2) is 9.97 Å². The molecule has 0 saturated carbocycles. The predicted octanol–water partition coefficient (Wildman–Crippen LogP) is 5.33. The van der Waals surface area contributed by atoms with Crippen LogP contribution in [0.4, 0.5) is 5.82 Å². The van der Waals surface area contributed by atoms with Gasteiger partial charge in [-0.3, -0.25) is 0 Å². The van der Waals surface area contributed by atoms with Gasteiger partial charge in [-0.2, -0.15) is 0 Å². The average molecular weight is 406 g/mol. The van der Waals surface area contributed by atoms with Crippen LogP contribution in [0.15, 0.2) is 48.5 Å². The number of anilines is 1. The Hall–Kier alpha value is -2.63. The molecule has 1 fully saturated rings. The number of H-pyrrole nitrogens is 1. The van der Waals surface area contributed by atoms with Gasteiger partial charge in [0.1, 0.15) is 11.6 Å². The number of halogens is 1. The van der Waals surface area contributed by atoms with Crippen LogP contribution in [0, 0.1) is 0 Å². The molecule has 1 aliphatic heterocycles. The van der Waals surface area contributed by atoms with Crippen LogP contribution in [0.3, 0.4) is 0 Å². The lowest BCUT2D eigenvalue weighted by Crippen LogP contribution is -2.33. The molecule has 2 N–H and O–H groups in total. The fourth-order valence-corrected chi connectivity index (χ4v) is 4.24. The average Bonchev–Trinajstić information content (AvgIpc) is 3.18. The zero-order valence-corrected chi connectivity index (χ0v) is 17.0. The fraction of sp³-hybridized carbons (Fsp3) is 0.304. The van der Waals surface area contributed by atoms with Gasteiger partial charge < -0.3 is 15.2 Å². The molecule has 4 aromatic rings. The fourth-order valence-electron chi connectivity index (χ4n) is 4.06. The molecule has 5 nitrogen and oxygen atoms in total. The normalized spacial score (nSPS) is 15.2. The highest BCUT2D eigenvalue weighted by Gasteiger charge is 2.15. The van der Waals surface area contributed by atoms with Crippen LogP contribution in [0.2, 0.25) is 5.02 Å². The number of nitrogens with one attached hydrogen (secondary N) is 2. The SMILES string of the molecule is Clc1ccc2nc(NCCN3CCCCC3)c(-c3nc4ccccc4[nH]3)cc2c1. The van der Waals surface area contributed by atoms with Gasteiger partial charge in [-0.1, -0.05) is 30.2 Å². The molecule has 29 heavy (non-hydrogen) atoms. The number of aromatic nitrogens is 3. The molecular formula is C23H24ClN5. The highest BCUT2D eigenvalue weighted by atomic mass is 35.5. The maximum Gasteiger partial charge on any atom is 0.142 e. The number of hydrogen-bond acceptors (Lipinski definition) is 4. The molecule has 1 aliphatic rings. The van der Waals surface area contributed by atoms with Crippen molar-refractivity contribution in [2.75, 3.05) is 31.5 Å². The Morgan fingerprint density at radius 1 is 0.966 bits per heavy atom. The smallest absolute Gasteiger partial charge is 0.142 e. The molecule has 0 aliphatic carbocycles. The summed E-state index contributed by atoms with van der Waals surface area (Å²) >= 11 is 6.22. The number of rotatable bonds is 5. The third-order valence-corrected chi connectivity index (χ3v) is 5.83. The molecule has 5 rings (SSSR count). The molecular weight excluding hydrogens is 382 g/mol. The second-order valence-electron chi connectivity index (χ2n) is 7.65. The summed E-state index contributed by atoms with van der Waals surface area (Å²) in [6, 6.07) is 16.0. The van der Waals surface area contributed by atoms with Gasteiger partial charge in [0, 0.05) is 23.5 Å². The first-order chi connectivity index (χ1) is 14.3.